The molecule has 0 radical (unpaired) electrons. The first kappa shape index (κ1) is 10.6. The highest BCUT2D eigenvalue weighted by Crippen LogP contribution is 1.92. The first-order valence-corrected chi connectivity index (χ1v) is 4.74. The van der Waals surface area contributed by atoms with Crippen LogP contribution in [0, 0.1) is 0 Å². The summed E-state index contributed by atoms with van der Waals surface area (Å²) < 4.78 is 4.62. The van der Waals surface area contributed by atoms with E-state index in [9.17, 15) is 4.79 Å². The lowest BCUT2D eigenvalue weighted by Crippen LogP contribution is -2.35. The average molecular weight is 197 g/mol. The van der Waals surface area contributed by atoms with E-state index < -0.39 is 0 Å². The second-order valence-corrected chi connectivity index (χ2v) is 2.95. The zero-order chi connectivity index (χ0) is 10.2. The van der Waals surface area contributed by atoms with Crippen molar-refractivity contribution in [2.45, 2.75) is 26.3 Å². The Hall–Kier alpha value is -1.52. The number of carbonyl (C=O) groups excluding carboxylic acids is 1. The predicted molar refractivity (Wildman–Crippen MR) is 51.6 cm³/mol. The van der Waals surface area contributed by atoms with Gasteiger partial charge in [0.25, 0.3) is 0 Å². The van der Waals surface area contributed by atoms with E-state index in [0.29, 0.717) is 13.1 Å². The van der Waals surface area contributed by atoms with Crippen LogP contribution in [0.3, 0.4) is 0 Å². The Labute approximate surface area is 82.8 Å². The number of amides is 2. The fourth-order valence-corrected chi connectivity index (χ4v) is 0.941. The third kappa shape index (κ3) is 3.93. The topological polar surface area (TPSA) is 67.2 Å². The molecule has 1 aromatic rings. The molecule has 2 N–H and O–H groups in total. The van der Waals surface area contributed by atoms with Crippen molar-refractivity contribution in [3.05, 3.63) is 18.0 Å². The normalized spacial score (nSPS) is 9.79. The summed E-state index contributed by atoms with van der Waals surface area (Å²) in [5, 5.41) is 9.08. The van der Waals surface area contributed by atoms with Gasteiger partial charge < -0.3 is 15.2 Å². The fourth-order valence-electron chi connectivity index (χ4n) is 0.941. The minimum absolute atomic E-state index is 0.165. The van der Waals surface area contributed by atoms with Crippen LogP contribution >= 0.6 is 0 Å². The second-order valence-electron chi connectivity index (χ2n) is 2.95. The maximum Gasteiger partial charge on any atom is 0.315 e. The first-order valence-electron chi connectivity index (χ1n) is 4.74. The monoisotopic (exact) mass is 197 g/mol. The Bertz CT molecular complexity index is 259. The molecule has 0 saturated carbocycles. The molecule has 0 spiro atoms. The van der Waals surface area contributed by atoms with Gasteiger partial charge in [0.1, 0.15) is 12.0 Å². The van der Waals surface area contributed by atoms with Crippen LogP contribution < -0.4 is 10.6 Å². The number of hydrogen-bond acceptors (Lipinski definition) is 3. The summed E-state index contributed by atoms with van der Waals surface area (Å²) in [5.74, 6) is 0. The van der Waals surface area contributed by atoms with Crippen LogP contribution in [0.5, 0.6) is 0 Å². The lowest BCUT2D eigenvalue weighted by atomic mass is 10.3. The first-order chi connectivity index (χ1) is 6.83. The number of aromatic nitrogens is 1. The van der Waals surface area contributed by atoms with E-state index in [1.807, 2.05) is 0 Å². The molecule has 2 amide bonds. The number of nitrogens with zero attached hydrogens (tertiary/aromatic N) is 1. The highest BCUT2D eigenvalue weighted by Gasteiger charge is 2.00. The van der Waals surface area contributed by atoms with Gasteiger partial charge in [0.2, 0.25) is 0 Å². The molecular weight excluding hydrogens is 182 g/mol. The third-order valence-electron chi connectivity index (χ3n) is 1.74. The molecule has 5 heteroatoms. The van der Waals surface area contributed by atoms with Crippen molar-refractivity contribution in [2.24, 2.45) is 0 Å². The molecule has 0 bridgehead atoms. The van der Waals surface area contributed by atoms with Gasteiger partial charge in [-0.25, -0.2) is 4.79 Å². The maximum atomic E-state index is 11.1. The molecular formula is C9H15N3O2. The number of urea groups is 1. The van der Waals surface area contributed by atoms with E-state index in [-0.39, 0.29) is 6.03 Å². The molecule has 1 rings (SSSR count). The number of nitrogens with one attached hydrogen (secondary N) is 2. The molecule has 0 aliphatic rings. The summed E-state index contributed by atoms with van der Waals surface area (Å²) in [6.45, 7) is 3.19. The van der Waals surface area contributed by atoms with E-state index in [1.54, 1.807) is 6.07 Å². The van der Waals surface area contributed by atoms with Gasteiger partial charge in [0, 0.05) is 12.6 Å². The summed E-state index contributed by atoms with van der Waals surface area (Å²) in [6.07, 6.45) is 3.55. The minimum atomic E-state index is -0.165. The number of rotatable bonds is 5. The SMILES string of the molecule is CCCCNC(=O)NCc1ccon1. The van der Waals surface area contributed by atoms with E-state index >= 15 is 0 Å². The highest BCUT2D eigenvalue weighted by atomic mass is 16.5. The Morgan fingerprint density at radius 3 is 3.07 bits per heavy atom. The van der Waals surface area contributed by atoms with Crippen LogP contribution in [0.2, 0.25) is 0 Å². The van der Waals surface area contributed by atoms with Gasteiger partial charge in [0.05, 0.1) is 6.54 Å². The standard InChI is InChI=1S/C9H15N3O2/c1-2-3-5-10-9(13)11-7-8-4-6-14-12-8/h4,6H,2-3,5,7H2,1H3,(H2,10,11,13). The molecule has 78 valence electrons. The Morgan fingerprint density at radius 2 is 2.43 bits per heavy atom. The van der Waals surface area contributed by atoms with Gasteiger partial charge in [-0.3, -0.25) is 0 Å². The predicted octanol–water partition coefficient (Wildman–Crippen LogP) is 1.27. The van der Waals surface area contributed by atoms with Crippen molar-refractivity contribution >= 4 is 6.03 Å². The van der Waals surface area contributed by atoms with Crippen molar-refractivity contribution in [1.82, 2.24) is 15.8 Å². The number of unbranched alkanes of at least 4 members (excludes halogenated alkanes) is 1. The van der Waals surface area contributed by atoms with Gasteiger partial charge in [0.15, 0.2) is 0 Å². The van der Waals surface area contributed by atoms with Crippen molar-refractivity contribution in [3.63, 3.8) is 0 Å². The molecule has 1 aromatic heterocycles. The Morgan fingerprint density at radius 1 is 1.57 bits per heavy atom. The van der Waals surface area contributed by atoms with Gasteiger partial charge in [-0.05, 0) is 6.42 Å². The van der Waals surface area contributed by atoms with Gasteiger partial charge in [-0.1, -0.05) is 18.5 Å². The molecule has 0 atom stereocenters. The summed E-state index contributed by atoms with van der Waals surface area (Å²) in [6, 6.07) is 1.55. The molecule has 0 aliphatic carbocycles. The van der Waals surface area contributed by atoms with E-state index in [1.165, 1.54) is 6.26 Å². The van der Waals surface area contributed by atoms with Gasteiger partial charge >= 0.3 is 6.03 Å². The van der Waals surface area contributed by atoms with Crippen LogP contribution in [0.1, 0.15) is 25.5 Å². The van der Waals surface area contributed by atoms with Crippen LogP contribution in [0.25, 0.3) is 0 Å². The van der Waals surface area contributed by atoms with Gasteiger partial charge in [-0.2, -0.15) is 0 Å². The summed E-state index contributed by atoms with van der Waals surface area (Å²) >= 11 is 0. The molecule has 0 aromatic carbocycles. The van der Waals surface area contributed by atoms with E-state index in [0.717, 1.165) is 18.5 Å². The van der Waals surface area contributed by atoms with Crippen molar-refractivity contribution in [2.75, 3.05) is 6.54 Å². The lowest BCUT2D eigenvalue weighted by molar-refractivity contribution is 0.240. The van der Waals surface area contributed by atoms with Crippen LogP contribution in [-0.2, 0) is 6.54 Å². The summed E-state index contributed by atoms with van der Waals surface area (Å²) in [7, 11) is 0. The second kappa shape index (κ2) is 6.01. The summed E-state index contributed by atoms with van der Waals surface area (Å²) in [4.78, 5) is 11.1. The third-order valence-corrected chi connectivity index (χ3v) is 1.74. The molecule has 5 nitrogen and oxygen atoms in total. The quantitative estimate of drug-likeness (QED) is 0.698. The molecule has 0 aliphatic heterocycles. The minimum Gasteiger partial charge on any atom is -0.364 e. The van der Waals surface area contributed by atoms with Crippen molar-refractivity contribution in [1.29, 1.82) is 0 Å². The molecule has 0 unspecified atom stereocenters. The smallest absolute Gasteiger partial charge is 0.315 e. The largest absolute Gasteiger partial charge is 0.364 e. The molecule has 14 heavy (non-hydrogen) atoms. The summed E-state index contributed by atoms with van der Waals surface area (Å²) in [5.41, 5.74) is 0.718. The van der Waals surface area contributed by atoms with Crippen molar-refractivity contribution < 1.29 is 9.32 Å². The zero-order valence-corrected chi connectivity index (χ0v) is 8.25. The number of carbonyl (C=O) groups is 1. The van der Waals surface area contributed by atoms with Crippen LogP contribution in [-0.4, -0.2) is 17.7 Å². The van der Waals surface area contributed by atoms with E-state index in [2.05, 4.69) is 27.2 Å². The van der Waals surface area contributed by atoms with E-state index in [4.69, 9.17) is 0 Å². The van der Waals surface area contributed by atoms with Crippen molar-refractivity contribution in [3.8, 4) is 0 Å². The molecule has 0 fully saturated rings. The fraction of sp³-hybridized carbons (Fsp3) is 0.556. The van der Waals surface area contributed by atoms with Crippen LogP contribution in [0.4, 0.5) is 4.79 Å². The molecule has 1 heterocycles. The number of hydrogen-bond donors (Lipinski definition) is 2. The molecule has 0 saturated heterocycles. The average Bonchev–Trinajstić information content (AvgIpc) is 2.68. The Kier molecular flexibility index (Phi) is 4.54. The highest BCUT2D eigenvalue weighted by molar-refractivity contribution is 5.73. The van der Waals surface area contributed by atoms with Gasteiger partial charge in [-0.15, -0.1) is 0 Å². The zero-order valence-electron chi connectivity index (χ0n) is 8.25. The van der Waals surface area contributed by atoms with Crippen LogP contribution in [0.15, 0.2) is 16.9 Å². The maximum absolute atomic E-state index is 11.1. The Balaban J connectivity index is 2.09. The lowest BCUT2D eigenvalue weighted by Gasteiger charge is -2.04.